The lowest BCUT2D eigenvalue weighted by Gasteiger charge is -2.37. The molecule has 1 saturated heterocycles. The standard InChI is InChI=1S/C16H26N4O3/c21-15(23-12-14-4-2-1-3-5-14)19-9-6-16(22,7-10-19)13-20-11-8-17-18-20/h8,11,14,22H,1-7,9-10,12-13H2. The molecule has 1 N–H and O–H groups in total. The van der Waals surface area contributed by atoms with Crippen LogP contribution in [0.4, 0.5) is 4.79 Å². The third-order valence-corrected chi connectivity index (χ3v) is 5.05. The lowest BCUT2D eigenvalue weighted by atomic mass is 9.90. The largest absolute Gasteiger partial charge is 0.449 e. The van der Waals surface area contributed by atoms with E-state index in [1.807, 2.05) is 0 Å². The molecule has 23 heavy (non-hydrogen) atoms. The van der Waals surface area contributed by atoms with Crippen LogP contribution in [0.2, 0.25) is 0 Å². The molecule has 0 unspecified atom stereocenters. The van der Waals surface area contributed by atoms with Crippen LogP contribution in [0.3, 0.4) is 0 Å². The Balaban J connectivity index is 1.41. The number of carbonyl (C=O) groups excluding carboxylic acids is 1. The Morgan fingerprint density at radius 2 is 2.00 bits per heavy atom. The second kappa shape index (κ2) is 7.29. The Morgan fingerprint density at radius 1 is 1.26 bits per heavy atom. The molecule has 2 heterocycles. The maximum Gasteiger partial charge on any atom is 0.409 e. The van der Waals surface area contributed by atoms with Gasteiger partial charge in [-0.15, -0.1) is 5.10 Å². The van der Waals surface area contributed by atoms with E-state index in [0.29, 0.717) is 45.0 Å². The third-order valence-electron chi connectivity index (χ3n) is 5.05. The average Bonchev–Trinajstić information content (AvgIpc) is 3.06. The summed E-state index contributed by atoms with van der Waals surface area (Å²) in [5.41, 5.74) is -0.826. The number of hydrogen-bond donors (Lipinski definition) is 1. The molecular formula is C16H26N4O3. The number of amides is 1. The molecule has 7 nitrogen and oxygen atoms in total. The monoisotopic (exact) mass is 322 g/mol. The van der Waals surface area contributed by atoms with Gasteiger partial charge in [-0.25, -0.2) is 9.48 Å². The minimum atomic E-state index is -0.826. The Hall–Kier alpha value is -1.63. The molecule has 2 fully saturated rings. The van der Waals surface area contributed by atoms with Gasteiger partial charge in [-0.3, -0.25) is 0 Å². The van der Waals surface area contributed by atoms with Crippen LogP contribution >= 0.6 is 0 Å². The van der Waals surface area contributed by atoms with E-state index in [-0.39, 0.29) is 6.09 Å². The van der Waals surface area contributed by atoms with Crippen molar-refractivity contribution < 1.29 is 14.6 Å². The predicted molar refractivity (Wildman–Crippen MR) is 83.7 cm³/mol. The van der Waals surface area contributed by atoms with Crippen molar-refractivity contribution in [2.75, 3.05) is 19.7 Å². The number of piperidine rings is 1. The van der Waals surface area contributed by atoms with E-state index in [9.17, 15) is 9.90 Å². The lowest BCUT2D eigenvalue weighted by Crippen LogP contribution is -2.49. The summed E-state index contributed by atoms with van der Waals surface area (Å²) in [5, 5.41) is 18.2. The summed E-state index contributed by atoms with van der Waals surface area (Å²) < 4.78 is 7.11. The Bertz CT molecular complexity index is 491. The molecule has 1 aromatic heterocycles. The first-order chi connectivity index (χ1) is 11.1. The fourth-order valence-electron chi connectivity index (χ4n) is 3.52. The number of aliphatic hydroxyl groups is 1. The second-order valence-corrected chi connectivity index (χ2v) is 6.89. The highest BCUT2D eigenvalue weighted by molar-refractivity contribution is 5.67. The Kier molecular flexibility index (Phi) is 5.15. The van der Waals surface area contributed by atoms with E-state index in [0.717, 1.165) is 0 Å². The summed E-state index contributed by atoms with van der Waals surface area (Å²) in [7, 11) is 0. The first-order valence-electron chi connectivity index (χ1n) is 8.63. The second-order valence-electron chi connectivity index (χ2n) is 6.89. The summed E-state index contributed by atoms with van der Waals surface area (Å²) in [6, 6.07) is 0. The molecule has 0 aromatic carbocycles. The van der Waals surface area contributed by atoms with Crippen LogP contribution in [0, 0.1) is 5.92 Å². The van der Waals surface area contributed by atoms with Crippen molar-refractivity contribution in [3.63, 3.8) is 0 Å². The number of nitrogens with zero attached hydrogens (tertiary/aromatic N) is 4. The van der Waals surface area contributed by atoms with Crippen molar-refractivity contribution in [2.45, 2.75) is 57.1 Å². The van der Waals surface area contributed by atoms with E-state index in [2.05, 4.69) is 10.3 Å². The molecule has 1 amide bonds. The van der Waals surface area contributed by atoms with Crippen molar-refractivity contribution in [3.8, 4) is 0 Å². The summed E-state index contributed by atoms with van der Waals surface area (Å²) in [5.74, 6) is 0.529. The molecule has 0 radical (unpaired) electrons. The van der Waals surface area contributed by atoms with Gasteiger partial charge in [0, 0.05) is 19.3 Å². The van der Waals surface area contributed by atoms with E-state index >= 15 is 0 Å². The fraction of sp³-hybridized carbons (Fsp3) is 0.812. The van der Waals surface area contributed by atoms with Crippen LogP contribution < -0.4 is 0 Å². The summed E-state index contributed by atoms with van der Waals surface area (Å²) in [6.07, 6.45) is 10.3. The van der Waals surface area contributed by atoms with Gasteiger partial charge in [0.05, 0.1) is 24.9 Å². The van der Waals surface area contributed by atoms with E-state index in [4.69, 9.17) is 4.74 Å². The van der Waals surface area contributed by atoms with Crippen molar-refractivity contribution in [2.24, 2.45) is 5.92 Å². The van der Waals surface area contributed by atoms with Crippen molar-refractivity contribution in [1.82, 2.24) is 19.9 Å². The van der Waals surface area contributed by atoms with Gasteiger partial charge in [-0.05, 0) is 31.6 Å². The van der Waals surface area contributed by atoms with E-state index in [1.54, 1.807) is 22.0 Å². The first kappa shape index (κ1) is 16.2. The number of rotatable bonds is 4. The van der Waals surface area contributed by atoms with Gasteiger partial charge in [0.2, 0.25) is 0 Å². The lowest BCUT2D eigenvalue weighted by molar-refractivity contribution is -0.0362. The number of aromatic nitrogens is 3. The molecular weight excluding hydrogens is 296 g/mol. The van der Waals surface area contributed by atoms with Crippen LogP contribution in [-0.4, -0.2) is 56.4 Å². The van der Waals surface area contributed by atoms with Gasteiger partial charge in [-0.1, -0.05) is 24.5 Å². The zero-order valence-corrected chi connectivity index (χ0v) is 13.6. The van der Waals surface area contributed by atoms with Crippen molar-refractivity contribution in [3.05, 3.63) is 12.4 Å². The molecule has 1 aliphatic carbocycles. The maximum atomic E-state index is 12.2. The quantitative estimate of drug-likeness (QED) is 0.914. The van der Waals surface area contributed by atoms with Crippen LogP contribution in [0.15, 0.2) is 12.4 Å². The van der Waals surface area contributed by atoms with Gasteiger partial charge in [0.25, 0.3) is 0 Å². The van der Waals surface area contributed by atoms with Gasteiger partial charge >= 0.3 is 6.09 Å². The highest BCUT2D eigenvalue weighted by Crippen LogP contribution is 2.26. The Morgan fingerprint density at radius 3 is 2.65 bits per heavy atom. The zero-order chi connectivity index (χ0) is 16.1. The summed E-state index contributed by atoms with van der Waals surface area (Å²) in [6.45, 7) is 2.00. The summed E-state index contributed by atoms with van der Waals surface area (Å²) >= 11 is 0. The number of carbonyl (C=O) groups is 1. The van der Waals surface area contributed by atoms with E-state index in [1.165, 1.54) is 32.1 Å². The third kappa shape index (κ3) is 4.43. The highest BCUT2D eigenvalue weighted by Gasteiger charge is 2.35. The normalized spacial score (nSPS) is 22.0. The molecule has 2 aliphatic rings. The first-order valence-corrected chi connectivity index (χ1v) is 8.63. The molecule has 3 rings (SSSR count). The molecule has 0 spiro atoms. The SMILES string of the molecule is O=C(OCC1CCCCC1)N1CCC(O)(Cn2ccnn2)CC1. The highest BCUT2D eigenvalue weighted by atomic mass is 16.6. The van der Waals surface area contributed by atoms with Crippen molar-refractivity contribution in [1.29, 1.82) is 0 Å². The molecule has 1 aliphatic heterocycles. The van der Waals surface area contributed by atoms with E-state index < -0.39 is 5.60 Å². The van der Waals surface area contributed by atoms with Gasteiger partial charge in [0.15, 0.2) is 0 Å². The van der Waals surface area contributed by atoms with Gasteiger partial charge < -0.3 is 14.7 Å². The molecule has 0 bridgehead atoms. The minimum Gasteiger partial charge on any atom is -0.449 e. The van der Waals surface area contributed by atoms with Gasteiger partial charge in [0.1, 0.15) is 0 Å². The van der Waals surface area contributed by atoms with Crippen LogP contribution in [0.25, 0.3) is 0 Å². The minimum absolute atomic E-state index is 0.238. The number of hydrogen-bond acceptors (Lipinski definition) is 5. The molecule has 7 heteroatoms. The van der Waals surface area contributed by atoms with Gasteiger partial charge in [-0.2, -0.15) is 0 Å². The smallest absolute Gasteiger partial charge is 0.409 e. The number of likely N-dealkylation sites (tertiary alicyclic amines) is 1. The predicted octanol–water partition coefficient (Wildman–Crippen LogP) is 1.82. The zero-order valence-electron chi connectivity index (χ0n) is 13.6. The maximum absolute atomic E-state index is 12.2. The van der Waals surface area contributed by atoms with Crippen molar-refractivity contribution >= 4 is 6.09 Å². The number of ether oxygens (including phenoxy) is 1. The fourth-order valence-corrected chi connectivity index (χ4v) is 3.52. The molecule has 1 saturated carbocycles. The molecule has 1 aromatic rings. The average molecular weight is 322 g/mol. The topological polar surface area (TPSA) is 80.5 Å². The molecule has 128 valence electrons. The van der Waals surface area contributed by atoms with Crippen LogP contribution in [0.1, 0.15) is 44.9 Å². The molecule has 0 atom stereocenters. The Labute approximate surface area is 136 Å². The van der Waals surface area contributed by atoms with Crippen LogP contribution in [0.5, 0.6) is 0 Å². The van der Waals surface area contributed by atoms with Crippen LogP contribution in [-0.2, 0) is 11.3 Å². The summed E-state index contributed by atoms with van der Waals surface area (Å²) in [4.78, 5) is 13.9.